The molecule has 1 saturated carbocycles. The van der Waals surface area contributed by atoms with E-state index in [9.17, 15) is 9.59 Å². The molecule has 1 saturated heterocycles. The number of amides is 1. The maximum atomic E-state index is 13.0. The third-order valence-electron chi connectivity index (χ3n) is 4.73. The fourth-order valence-corrected chi connectivity index (χ4v) is 3.38. The molecule has 2 fully saturated rings. The molecule has 0 radical (unpaired) electrons. The first-order chi connectivity index (χ1) is 10.5. The lowest BCUT2D eigenvalue weighted by atomic mass is 10.0. The van der Waals surface area contributed by atoms with Crippen molar-refractivity contribution in [3.05, 3.63) is 24.4 Å². The van der Waals surface area contributed by atoms with Crippen LogP contribution in [0.25, 0.3) is 0 Å². The van der Waals surface area contributed by atoms with Gasteiger partial charge in [0, 0.05) is 12.7 Å². The Kier molecular flexibility index (Phi) is 3.64. The molecule has 6 nitrogen and oxygen atoms in total. The number of ketones is 1. The van der Waals surface area contributed by atoms with E-state index in [-0.39, 0.29) is 17.6 Å². The van der Waals surface area contributed by atoms with Gasteiger partial charge in [0.15, 0.2) is 5.78 Å². The second-order valence-corrected chi connectivity index (χ2v) is 6.44. The molecule has 1 amide bonds. The van der Waals surface area contributed by atoms with E-state index < -0.39 is 17.6 Å². The van der Waals surface area contributed by atoms with Crippen LogP contribution in [0.2, 0.25) is 0 Å². The number of aromatic nitrogens is 1. The summed E-state index contributed by atoms with van der Waals surface area (Å²) < 4.78 is 0. The first-order valence-electron chi connectivity index (χ1n) is 7.77. The fraction of sp³-hybridized carbons (Fsp3) is 0.562. The van der Waals surface area contributed by atoms with Gasteiger partial charge >= 0.3 is 0 Å². The molecule has 1 aliphatic heterocycles. The minimum atomic E-state index is -0.726. The van der Waals surface area contributed by atoms with Crippen LogP contribution in [0.3, 0.4) is 0 Å². The normalized spacial score (nSPS) is 28.3. The summed E-state index contributed by atoms with van der Waals surface area (Å²) in [6.07, 6.45) is 3.20. The highest BCUT2D eigenvalue weighted by Crippen LogP contribution is 2.45. The van der Waals surface area contributed by atoms with E-state index in [1.807, 2.05) is 32.0 Å². The van der Waals surface area contributed by atoms with Crippen molar-refractivity contribution < 1.29 is 9.59 Å². The lowest BCUT2D eigenvalue weighted by Crippen LogP contribution is -2.50. The Morgan fingerprint density at radius 2 is 2.23 bits per heavy atom. The number of pyridine rings is 1. The Morgan fingerprint density at radius 3 is 2.77 bits per heavy atom. The predicted molar refractivity (Wildman–Crippen MR) is 83.1 cm³/mol. The molecule has 1 unspecified atom stereocenters. The zero-order valence-corrected chi connectivity index (χ0v) is 13.0. The summed E-state index contributed by atoms with van der Waals surface area (Å²) in [5, 5.41) is 3.20. The van der Waals surface area contributed by atoms with Crippen LogP contribution >= 0.6 is 0 Å². The Bertz CT molecular complexity index is 589. The van der Waals surface area contributed by atoms with Gasteiger partial charge in [0.05, 0.1) is 6.04 Å². The molecule has 1 aromatic rings. The van der Waals surface area contributed by atoms with Gasteiger partial charge in [0.2, 0.25) is 5.91 Å². The van der Waals surface area contributed by atoms with Crippen molar-refractivity contribution in [1.29, 1.82) is 0 Å². The summed E-state index contributed by atoms with van der Waals surface area (Å²) in [6.45, 7) is 4.57. The largest absolute Gasteiger partial charge is 0.358 e. The van der Waals surface area contributed by atoms with Crippen LogP contribution in [-0.4, -0.2) is 45.7 Å². The number of hydrogen-bond donors (Lipinski definition) is 2. The quantitative estimate of drug-likeness (QED) is 0.858. The van der Waals surface area contributed by atoms with Crippen molar-refractivity contribution in [2.45, 2.75) is 44.3 Å². The molecule has 1 aliphatic carbocycles. The van der Waals surface area contributed by atoms with Crippen molar-refractivity contribution >= 4 is 17.5 Å². The minimum Gasteiger partial charge on any atom is -0.358 e. The summed E-state index contributed by atoms with van der Waals surface area (Å²) in [6, 6.07) is 4.60. The molecule has 0 aromatic carbocycles. The zero-order valence-electron chi connectivity index (χ0n) is 13.0. The van der Waals surface area contributed by atoms with E-state index >= 15 is 0 Å². The first-order valence-corrected chi connectivity index (χ1v) is 7.77. The molecule has 6 heteroatoms. The third kappa shape index (κ3) is 2.18. The second kappa shape index (κ2) is 5.35. The SMILES string of the molecule is CC(C)C(Nc1ccccn1)C(=O)N1CCC[C@@]12C(=O)[C@@H]2N. The van der Waals surface area contributed by atoms with E-state index in [1.165, 1.54) is 0 Å². The Labute approximate surface area is 130 Å². The van der Waals surface area contributed by atoms with Crippen LogP contribution in [0.4, 0.5) is 5.82 Å². The molecule has 3 N–H and O–H groups in total. The van der Waals surface area contributed by atoms with Crippen LogP contribution in [0, 0.1) is 5.92 Å². The highest BCUT2D eigenvalue weighted by atomic mass is 16.2. The van der Waals surface area contributed by atoms with Gasteiger partial charge < -0.3 is 16.0 Å². The van der Waals surface area contributed by atoms with Gasteiger partial charge in [-0.15, -0.1) is 0 Å². The maximum Gasteiger partial charge on any atom is 0.246 e. The number of nitrogens with two attached hydrogens (primary N) is 1. The summed E-state index contributed by atoms with van der Waals surface area (Å²) >= 11 is 0. The molecule has 3 rings (SSSR count). The highest BCUT2D eigenvalue weighted by molar-refractivity contribution is 6.14. The van der Waals surface area contributed by atoms with E-state index in [0.29, 0.717) is 18.8 Å². The van der Waals surface area contributed by atoms with Crippen LogP contribution in [0.15, 0.2) is 24.4 Å². The number of rotatable bonds is 4. The smallest absolute Gasteiger partial charge is 0.246 e. The van der Waals surface area contributed by atoms with Gasteiger partial charge in [-0.1, -0.05) is 19.9 Å². The number of hydrogen-bond acceptors (Lipinski definition) is 5. The van der Waals surface area contributed by atoms with Crippen LogP contribution in [-0.2, 0) is 9.59 Å². The Morgan fingerprint density at radius 1 is 1.50 bits per heavy atom. The van der Waals surface area contributed by atoms with Gasteiger partial charge in [0.25, 0.3) is 0 Å². The highest BCUT2D eigenvalue weighted by Gasteiger charge is 2.69. The van der Waals surface area contributed by atoms with E-state index in [0.717, 1.165) is 6.42 Å². The third-order valence-corrected chi connectivity index (χ3v) is 4.73. The predicted octanol–water partition coefficient (Wildman–Crippen LogP) is 0.789. The van der Waals surface area contributed by atoms with Gasteiger partial charge in [-0.05, 0) is 30.9 Å². The number of carbonyl (C=O) groups excluding carboxylic acids is 2. The molecule has 0 bridgehead atoms. The first kappa shape index (κ1) is 15.0. The molecule has 2 aliphatic rings. The molecule has 1 spiro atoms. The average molecular weight is 302 g/mol. The summed E-state index contributed by atoms with van der Waals surface area (Å²) in [7, 11) is 0. The van der Waals surface area contributed by atoms with E-state index in [1.54, 1.807) is 11.1 Å². The summed E-state index contributed by atoms with van der Waals surface area (Å²) in [5.41, 5.74) is 5.16. The topological polar surface area (TPSA) is 88.3 Å². The maximum absolute atomic E-state index is 13.0. The number of Topliss-reactive ketones (excluding diaryl/α,β-unsaturated/α-hetero) is 1. The average Bonchev–Trinajstić information content (AvgIpc) is 2.91. The number of nitrogens with one attached hydrogen (secondary N) is 1. The van der Waals surface area contributed by atoms with Crippen LogP contribution in [0.5, 0.6) is 0 Å². The second-order valence-electron chi connectivity index (χ2n) is 6.44. The van der Waals surface area contributed by atoms with Crippen molar-refractivity contribution in [3.8, 4) is 0 Å². The van der Waals surface area contributed by atoms with Gasteiger partial charge in [-0.2, -0.15) is 0 Å². The van der Waals surface area contributed by atoms with E-state index in [4.69, 9.17) is 5.73 Å². The Hall–Kier alpha value is -1.95. The number of nitrogens with zero attached hydrogens (tertiary/aromatic N) is 2. The fourth-order valence-electron chi connectivity index (χ4n) is 3.38. The van der Waals surface area contributed by atoms with Crippen molar-refractivity contribution in [3.63, 3.8) is 0 Å². The van der Waals surface area contributed by atoms with Gasteiger partial charge in [-0.25, -0.2) is 4.98 Å². The number of carbonyl (C=O) groups is 2. The molecule has 2 heterocycles. The van der Waals surface area contributed by atoms with Crippen molar-refractivity contribution in [2.24, 2.45) is 11.7 Å². The van der Waals surface area contributed by atoms with Crippen LogP contribution in [0.1, 0.15) is 26.7 Å². The molecular formula is C16H22N4O2. The molecule has 1 aromatic heterocycles. The van der Waals surface area contributed by atoms with Crippen LogP contribution < -0.4 is 11.1 Å². The Balaban J connectivity index is 1.80. The summed E-state index contributed by atoms with van der Waals surface area (Å²) in [5.74, 6) is 0.685. The molecular weight excluding hydrogens is 280 g/mol. The monoisotopic (exact) mass is 302 g/mol. The van der Waals surface area contributed by atoms with E-state index in [2.05, 4.69) is 10.3 Å². The lowest BCUT2D eigenvalue weighted by molar-refractivity contribution is -0.136. The molecule has 118 valence electrons. The lowest BCUT2D eigenvalue weighted by Gasteiger charge is -2.30. The summed E-state index contributed by atoms with van der Waals surface area (Å²) in [4.78, 5) is 30.8. The van der Waals surface area contributed by atoms with Crippen molar-refractivity contribution in [2.75, 3.05) is 11.9 Å². The molecule has 3 atom stereocenters. The number of anilines is 1. The molecule has 22 heavy (non-hydrogen) atoms. The van der Waals surface area contributed by atoms with Gasteiger partial charge in [-0.3, -0.25) is 9.59 Å². The number of likely N-dealkylation sites (tertiary alicyclic amines) is 1. The zero-order chi connectivity index (χ0) is 15.9. The van der Waals surface area contributed by atoms with Gasteiger partial charge in [0.1, 0.15) is 17.4 Å². The van der Waals surface area contributed by atoms with Crippen molar-refractivity contribution in [1.82, 2.24) is 9.88 Å². The minimum absolute atomic E-state index is 0.00121. The standard InChI is InChI=1S/C16H22N4O2/c1-10(2)12(19-11-6-3-4-8-18-11)15(22)20-9-5-7-16(20)13(17)14(16)21/h3-4,6,8,10,12-13H,5,7,9,17H2,1-2H3,(H,18,19)/t12?,13-,16+/m0/s1.